The summed E-state index contributed by atoms with van der Waals surface area (Å²) in [6.45, 7) is 5.91. The molecule has 0 spiro atoms. The number of benzene rings is 2. The van der Waals surface area contributed by atoms with Gasteiger partial charge in [0.1, 0.15) is 0 Å². The van der Waals surface area contributed by atoms with Gasteiger partial charge in [-0.25, -0.2) is 5.43 Å². The minimum Gasteiger partial charge on any atom is -0.267 e. The Bertz CT molecular complexity index is 754. The maximum absolute atomic E-state index is 12.1. The van der Waals surface area contributed by atoms with Crippen LogP contribution in [0.5, 0.6) is 0 Å². The third kappa shape index (κ3) is 3.87. The summed E-state index contributed by atoms with van der Waals surface area (Å²) in [5, 5.41) is 4.90. The third-order valence-electron chi connectivity index (χ3n) is 3.28. The number of hydrogen-bond acceptors (Lipinski definition) is 2. The van der Waals surface area contributed by atoms with Gasteiger partial charge in [-0.2, -0.15) is 5.10 Å². The maximum Gasteiger partial charge on any atom is 0.271 e. The van der Waals surface area contributed by atoms with Crippen LogP contribution in [0.1, 0.15) is 34.0 Å². The van der Waals surface area contributed by atoms with E-state index in [9.17, 15) is 4.79 Å². The first-order valence-electron chi connectivity index (χ1n) is 6.76. The molecule has 0 bridgehead atoms. The van der Waals surface area contributed by atoms with Crippen LogP contribution in [0.3, 0.4) is 0 Å². The van der Waals surface area contributed by atoms with Crippen LogP contribution in [0.25, 0.3) is 0 Å². The van der Waals surface area contributed by atoms with Gasteiger partial charge < -0.3 is 0 Å². The predicted octanol–water partition coefficient (Wildman–Crippen LogP) is 4.76. The molecule has 5 heteroatoms. The van der Waals surface area contributed by atoms with Gasteiger partial charge in [0.15, 0.2) is 0 Å². The van der Waals surface area contributed by atoms with Crippen molar-refractivity contribution in [1.82, 2.24) is 5.43 Å². The second-order valence-corrected chi connectivity index (χ2v) is 5.90. The average molecular weight is 335 g/mol. The summed E-state index contributed by atoms with van der Waals surface area (Å²) in [6, 6.07) is 10.8. The molecule has 0 unspecified atom stereocenters. The van der Waals surface area contributed by atoms with E-state index in [-0.39, 0.29) is 5.91 Å². The highest BCUT2D eigenvalue weighted by Crippen LogP contribution is 2.22. The highest BCUT2D eigenvalue weighted by atomic mass is 35.5. The molecule has 0 atom stereocenters. The van der Waals surface area contributed by atoms with E-state index in [2.05, 4.69) is 16.6 Å². The number of nitrogens with zero attached hydrogens (tertiary/aromatic N) is 1. The molecule has 114 valence electrons. The zero-order valence-corrected chi connectivity index (χ0v) is 14.1. The lowest BCUT2D eigenvalue weighted by atomic mass is 10.0. The number of hydrazone groups is 1. The van der Waals surface area contributed by atoms with Crippen LogP contribution >= 0.6 is 23.2 Å². The summed E-state index contributed by atoms with van der Waals surface area (Å²) in [7, 11) is 0. The van der Waals surface area contributed by atoms with Gasteiger partial charge in [-0.3, -0.25) is 4.79 Å². The SMILES string of the molecule is C/C(=N/NC(=O)c1ccc(Cl)c(Cl)c1)c1ccc(C)cc1C. The molecule has 0 radical (unpaired) electrons. The highest BCUT2D eigenvalue weighted by Gasteiger charge is 2.08. The molecule has 22 heavy (non-hydrogen) atoms. The second-order valence-electron chi connectivity index (χ2n) is 5.09. The Labute approximate surface area is 139 Å². The minimum absolute atomic E-state index is 0.331. The number of halogens is 2. The molecule has 0 fully saturated rings. The van der Waals surface area contributed by atoms with Crippen LogP contribution in [0.4, 0.5) is 0 Å². The summed E-state index contributed by atoms with van der Waals surface area (Å²) in [5.74, 6) is -0.331. The van der Waals surface area contributed by atoms with E-state index in [1.807, 2.05) is 32.9 Å². The van der Waals surface area contributed by atoms with Crippen molar-refractivity contribution < 1.29 is 4.79 Å². The van der Waals surface area contributed by atoms with Crippen LogP contribution in [0.2, 0.25) is 10.0 Å². The van der Waals surface area contributed by atoms with Crippen molar-refractivity contribution in [2.45, 2.75) is 20.8 Å². The van der Waals surface area contributed by atoms with Crippen molar-refractivity contribution in [2.75, 3.05) is 0 Å². The van der Waals surface area contributed by atoms with Crippen molar-refractivity contribution in [3.05, 3.63) is 68.7 Å². The molecule has 0 aliphatic carbocycles. The van der Waals surface area contributed by atoms with Crippen LogP contribution in [0, 0.1) is 13.8 Å². The normalized spacial score (nSPS) is 11.4. The Morgan fingerprint density at radius 2 is 1.77 bits per heavy atom. The fourth-order valence-electron chi connectivity index (χ4n) is 2.12. The first-order valence-corrected chi connectivity index (χ1v) is 7.51. The summed E-state index contributed by atoms with van der Waals surface area (Å²) >= 11 is 11.7. The Morgan fingerprint density at radius 1 is 1.05 bits per heavy atom. The third-order valence-corrected chi connectivity index (χ3v) is 4.02. The Morgan fingerprint density at radius 3 is 2.41 bits per heavy atom. The molecule has 0 aliphatic rings. The van der Waals surface area contributed by atoms with Gasteiger partial charge in [-0.1, -0.05) is 47.0 Å². The highest BCUT2D eigenvalue weighted by molar-refractivity contribution is 6.42. The fraction of sp³-hybridized carbons (Fsp3) is 0.176. The number of aryl methyl sites for hydroxylation is 2. The van der Waals surface area contributed by atoms with Gasteiger partial charge in [0.05, 0.1) is 15.8 Å². The van der Waals surface area contributed by atoms with Crippen molar-refractivity contribution >= 4 is 34.8 Å². The number of carbonyl (C=O) groups is 1. The second kappa shape index (κ2) is 6.95. The summed E-state index contributed by atoms with van der Waals surface area (Å²) in [6.07, 6.45) is 0. The van der Waals surface area contributed by atoms with Gasteiger partial charge in [-0.05, 0) is 44.5 Å². The van der Waals surface area contributed by atoms with Crippen LogP contribution in [-0.4, -0.2) is 11.6 Å². The van der Waals surface area contributed by atoms with Crippen molar-refractivity contribution in [3.8, 4) is 0 Å². The van der Waals surface area contributed by atoms with Crippen molar-refractivity contribution in [3.63, 3.8) is 0 Å². The molecule has 2 aromatic carbocycles. The van der Waals surface area contributed by atoms with E-state index >= 15 is 0 Å². The monoisotopic (exact) mass is 334 g/mol. The summed E-state index contributed by atoms with van der Waals surface area (Å²) in [4.78, 5) is 12.1. The van der Waals surface area contributed by atoms with E-state index in [4.69, 9.17) is 23.2 Å². The van der Waals surface area contributed by atoms with Crippen LogP contribution in [0.15, 0.2) is 41.5 Å². The fourth-order valence-corrected chi connectivity index (χ4v) is 2.41. The molecule has 0 saturated heterocycles. The van der Waals surface area contributed by atoms with E-state index in [1.54, 1.807) is 12.1 Å². The molecular formula is C17H16Cl2N2O. The van der Waals surface area contributed by atoms with Crippen molar-refractivity contribution in [2.24, 2.45) is 5.10 Å². The largest absolute Gasteiger partial charge is 0.271 e. The first-order chi connectivity index (χ1) is 10.4. The Kier molecular flexibility index (Phi) is 5.22. The van der Waals surface area contributed by atoms with Gasteiger partial charge >= 0.3 is 0 Å². The molecule has 1 N–H and O–H groups in total. The molecule has 2 rings (SSSR count). The quantitative estimate of drug-likeness (QED) is 0.637. The number of carbonyl (C=O) groups excluding carboxylic acids is 1. The van der Waals surface area contributed by atoms with Crippen LogP contribution < -0.4 is 5.43 Å². The number of amides is 1. The van der Waals surface area contributed by atoms with E-state index in [0.717, 1.165) is 16.8 Å². The van der Waals surface area contributed by atoms with Gasteiger partial charge in [0.2, 0.25) is 0 Å². The molecular weight excluding hydrogens is 319 g/mol. The van der Waals surface area contributed by atoms with Crippen LogP contribution in [-0.2, 0) is 0 Å². The number of nitrogens with one attached hydrogen (secondary N) is 1. The maximum atomic E-state index is 12.1. The molecule has 0 aromatic heterocycles. The number of rotatable bonds is 3. The van der Waals surface area contributed by atoms with Gasteiger partial charge in [0.25, 0.3) is 5.91 Å². The first kappa shape index (κ1) is 16.5. The lowest BCUT2D eigenvalue weighted by Gasteiger charge is -2.07. The molecule has 2 aromatic rings. The molecule has 0 saturated carbocycles. The van der Waals surface area contributed by atoms with E-state index < -0.39 is 0 Å². The molecule has 0 heterocycles. The molecule has 1 amide bonds. The van der Waals surface area contributed by atoms with Gasteiger partial charge in [-0.15, -0.1) is 0 Å². The smallest absolute Gasteiger partial charge is 0.267 e. The molecule has 0 aliphatic heterocycles. The zero-order valence-electron chi connectivity index (χ0n) is 12.6. The summed E-state index contributed by atoms with van der Waals surface area (Å²) < 4.78 is 0. The minimum atomic E-state index is -0.331. The zero-order chi connectivity index (χ0) is 16.3. The number of hydrogen-bond donors (Lipinski definition) is 1. The van der Waals surface area contributed by atoms with E-state index in [1.165, 1.54) is 11.6 Å². The van der Waals surface area contributed by atoms with Crippen molar-refractivity contribution in [1.29, 1.82) is 0 Å². The van der Waals surface area contributed by atoms with Gasteiger partial charge in [0, 0.05) is 11.1 Å². The topological polar surface area (TPSA) is 41.5 Å². The lowest BCUT2D eigenvalue weighted by molar-refractivity contribution is 0.0955. The Balaban J connectivity index is 2.16. The predicted molar refractivity (Wildman–Crippen MR) is 92.1 cm³/mol. The van der Waals surface area contributed by atoms with E-state index in [0.29, 0.717) is 15.6 Å². The Hall–Kier alpha value is -1.84. The summed E-state index contributed by atoms with van der Waals surface area (Å²) in [5.41, 5.74) is 6.99. The average Bonchev–Trinajstić information content (AvgIpc) is 2.47. The lowest BCUT2D eigenvalue weighted by Crippen LogP contribution is -2.19. The molecule has 3 nitrogen and oxygen atoms in total. The standard InChI is InChI=1S/C17H16Cl2N2O/c1-10-4-6-14(11(2)8-10)12(3)20-21-17(22)13-5-7-15(18)16(19)9-13/h4-9H,1-3H3,(H,21,22)/b20-12-.